The Morgan fingerprint density at radius 1 is 1.17 bits per heavy atom. The van der Waals surface area contributed by atoms with Gasteiger partial charge in [-0.05, 0) is 55.3 Å². The molecule has 1 N–H and O–H groups in total. The van der Waals surface area contributed by atoms with E-state index in [0.717, 1.165) is 49.5 Å². The summed E-state index contributed by atoms with van der Waals surface area (Å²) in [4.78, 5) is 14.5. The van der Waals surface area contributed by atoms with Gasteiger partial charge in [0.25, 0.3) is 0 Å². The molecule has 0 aliphatic carbocycles. The number of carbonyl (C=O) groups excluding carboxylic acids is 1. The SMILES string of the molecule is CN(CCOc1cccc(CNC(=O)Cc2cccc(Cl)c2)c1)C1CCOCC1. The summed E-state index contributed by atoms with van der Waals surface area (Å²) in [5.41, 5.74) is 1.92. The summed E-state index contributed by atoms with van der Waals surface area (Å²) < 4.78 is 11.3. The Labute approximate surface area is 177 Å². The van der Waals surface area contributed by atoms with Gasteiger partial charge in [0.1, 0.15) is 12.4 Å². The molecule has 0 unspecified atom stereocenters. The summed E-state index contributed by atoms with van der Waals surface area (Å²) in [6, 6.07) is 15.8. The predicted molar refractivity (Wildman–Crippen MR) is 115 cm³/mol. The lowest BCUT2D eigenvalue weighted by atomic mass is 10.1. The summed E-state index contributed by atoms with van der Waals surface area (Å²) in [6.07, 6.45) is 2.48. The zero-order valence-electron chi connectivity index (χ0n) is 16.9. The standard InChI is InChI=1S/C23H29ClN2O3/c1-26(21-8-11-28-12-9-21)10-13-29-22-7-3-5-19(15-22)17-25-23(27)16-18-4-2-6-20(24)14-18/h2-7,14-15,21H,8-13,16-17H2,1H3,(H,25,27). The number of hydrogen-bond acceptors (Lipinski definition) is 4. The molecule has 1 fully saturated rings. The van der Waals surface area contributed by atoms with Crippen LogP contribution in [-0.4, -0.2) is 50.3 Å². The zero-order chi connectivity index (χ0) is 20.5. The number of ether oxygens (including phenoxy) is 2. The second-order valence-electron chi connectivity index (χ2n) is 7.40. The molecule has 6 heteroatoms. The third-order valence-electron chi connectivity index (χ3n) is 5.17. The highest BCUT2D eigenvalue weighted by Gasteiger charge is 2.17. The van der Waals surface area contributed by atoms with Crippen LogP contribution in [0.1, 0.15) is 24.0 Å². The molecule has 2 aromatic rings. The molecule has 1 heterocycles. The van der Waals surface area contributed by atoms with Gasteiger partial charge in [0.15, 0.2) is 0 Å². The molecule has 0 radical (unpaired) electrons. The summed E-state index contributed by atoms with van der Waals surface area (Å²) >= 11 is 5.97. The van der Waals surface area contributed by atoms with Gasteiger partial charge in [-0.2, -0.15) is 0 Å². The van der Waals surface area contributed by atoms with Crippen LogP contribution in [0.3, 0.4) is 0 Å². The van der Waals surface area contributed by atoms with Gasteiger partial charge >= 0.3 is 0 Å². The third-order valence-corrected chi connectivity index (χ3v) is 5.40. The van der Waals surface area contributed by atoms with Crippen LogP contribution in [0.4, 0.5) is 0 Å². The molecule has 2 aromatic carbocycles. The van der Waals surface area contributed by atoms with Gasteiger partial charge in [0.2, 0.25) is 5.91 Å². The normalized spacial score (nSPS) is 14.7. The van der Waals surface area contributed by atoms with Gasteiger partial charge in [0.05, 0.1) is 6.42 Å². The Balaban J connectivity index is 1.41. The number of halogens is 1. The molecule has 0 bridgehead atoms. The Bertz CT molecular complexity index is 793. The van der Waals surface area contributed by atoms with Gasteiger partial charge in [0, 0.05) is 37.4 Å². The molecule has 29 heavy (non-hydrogen) atoms. The number of nitrogens with one attached hydrogen (secondary N) is 1. The molecule has 1 aliphatic rings. The van der Waals surface area contributed by atoms with Gasteiger partial charge in [-0.1, -0.05) is 35.9 Å². The smallest absolute Gasteiger partial charge is 0.224 e. The number of benzene rings is 2. The van der Waals surface area contributed by atoms with Crippen LogP contribution >= 0.6 is 11.6 Å². The molecule has 5 nitrogen and oxygen atoms in total. The number of rotatable bonds is 9. The average molecular weight is 417 g/mol. The number of nitrogens with zero attached hydrogens (tertiary/aromatic N) is 1. The van der Waals surface area contributed by atoms with E-state index in [0.29, 0.717) is 30.6 Å². The van der Waals surface area contributed by atoms with Crippen LogP contribution in [0.25, 0.3) is 0 Å². The molecule has 0 aromatic heterocycles. The van der Waals surface area contributed by atoms with E-state index in [1.165, 1.54) is 0 Å². The van der Waals surface area contributed by atoms with Crippen molar-refractivity contribution >= 4 is 17.5 Å². The number of carbonyl (C=O) groups is 1. The summed E-state index contributed by atoms with van der Waals surface area (Å²) in [7, 11) is 2.14. The van der Waals surface area contributed by atoms with Crippen LogP contribution in [0, 0.1) is 0 Å². The number of amides is 1. The first-order valence-corrected chi connectivity index (χ1v) is 10.5. The highest BCUT2D eigenvalue weighted by Crippen LogP contribution is 2.15. The third kappa shape index (κ3) is 7.35. The topological polar surface area (TPSA) is 50.8 Å². The van der Waals surface area contributed by atoms with Crippen molar-refractivity contribution in [1.82, 2.24) is 10.2 Å². The fourth-order valence-corrected chi connectivity index (χ4v) is 3.67. The van der Waals surface area contributed by atoms with Crippen molar-refractivity contribution in [2.45, 2.75) is 31.8 Å². The maximum absolute atomic E-state index is 12.2. The molecule has 1 saturated heterocycles. The quantitative estimate of drug-likeness (QED) is 0.677. The van der Waals surface area contributed by atoms with Gasteiger partial charge in [-0.3, -0.25) is 9.69 Å². The van der Waals surface area contributed by atoms with E-state index < -0.39 is 0 Å². The summed E-state index contributed by atoms with van der Waals surface area (Å²) in [6.45, 7) is 3.68. The van der Waals surface area contributed by atoms with Gasteiger partial charge in [-0.15, -0.1) is 0 Å². The van der Waals surface area contributed by atoms with Gasteiger partial charge in [-0.25, -0.2) is 0 Å². The molecule has 156 valence electrons. The van der Waals surface area contributed by atoms with E-state index >= 15 is 0 Å². The molecule has 3 rings (SSSR count). The lowest BCUT2D eigenvalue weighted by Gasteiger charge is -2.31. The Morgan fingerprint density at radius 2 is 1.93 bits per heavy atom. The Hall–Kier alpha value is -2.08. The molecule has 0 atom stereocenters. The lowest BCUT2D eigenvalue weighted by molar-refractivity contribution is -0.120. The molecule has 0 saturated carbocycles. The van der Waals surface area contributed by atoms with Crippen molar-refractivity contribution in [2.24, 2.45) is 0 Å². The first kappa shape index (κ1) is 21.6. The van der Waals surface area contributed by atoms with Crippen molar-refractivity contribution in [3.8, 4) is 5.75 Å². The second kappa shape index (κ2) is 11.2. The Morgan fingerprint density at radius 3 is 2.72 bits per heavy atom. The van der Waals surface area contributed by atoms with Crippen LogP contribution < -0.4 is 10.1 Å². The van der Waals surface area contributed by atoms with Crippen LogP contribution in [0.15, 0.2) is 48.5 Å². The van der Waals surface area contributed by atoms with E-state index in [2.05, 4.69) is 17.3 Å². The van der Waals surface area contributed by atoms with Crippen LogP contribution in [-0.2, 0) is 22.5 Å². The van der Waals surface area contributed by atoms with E-state index in [1.807, 2.05) is 42.5 Å². The fourth-order valence-electron chi connectivity index (χ4n) is 3.46. The van der Waals surface area contributed by atoms with Crippen LogP contribution in [0.2, 0.25) is 5.02 Å². The minimum absolute atomic E-state index is 0.0309. The van der Waals surface area contributed by atoms with E-state index in [4.69, 9.17) is 21.1 Å². The number of likely N-dealkylation sites (N-methyl/N-ethyl adjacent to an activating group) is 1. The average Bonchev–Trinajstić information content (AvgIpc) is 2.73. The van der Waals surface area contributed by atoms with Crippen molar-refractivity contribution in [1.29, 1.82) is 0 Å². The fraction of sp³-hybridized carbons (Fsp3) is 0.435. The highest BCUT2D eigenvalue weighted by molar-refractivity contribution is 6.30. The van der Waals surface area contributed by atoms with Crippen molar-refractivity contribution in [3.63, 3.8) is 0 Å². The molecule has 0 spiro atoms. The van der Waals surface area contributed by atoms with E-state index in [1.54, 1.807) is 6.07 Å². The molecule has 1 amide bonds. The summed E-state index contributed by atoms with van der Waals surface area (Å²) in [5, 5.41) is 3.60. The van der Waals surface area contributed by atoms with Crippen molar-refractivity contribution in [2.75, 3.05) is 33.4 Å². The highest BCUT2D eigenvalue weighted by atomic mass is 35.5. The largest absolute Gasteiger partial charge is 0.492 e. The number of hydrogen-bond donors (Lipinski definition) is 1. The minimum Gasteiger partial charge on any atom is -0.492 e. The predicted octanol–water partition coefficient (Wildman–Crippen LogP) is 3.69. The van der Waals surface area contributed by atoms with Crippen molar-refractivity contribution in [3.05, 3.63) is 64.7 Å². The molecule has 1 aliphatic heterocycles. The van der Waals surface area contributed by atoms with E-state index in [-0.39, 0.29) is 5.91 Å². The lowest BCUT2D eigenvalue weighted by Crippen LogP contribution is -2.38. The molecular weight excluding hydrogens is 388 g/mol. The summed E-state index contributed by atoms with van der Waals surface area (Å²) in [5.74, 6) is 0.795. The monoisotopic (exact) mass is 416 g/mol. The van der Waals surface area contributed by atoms with E-state index in [9.17, 15) is 4.79 Å². The maximum Gasteiger partial charge on any atom is 0.224 e. The first-order valence-electron chi connectivity index (χ1n) is 10.1. The Kier molecular flexibility index (Phi) is 8.35. The van der Waals surface area contributed by atoms with Crippen molar-refractivity contribution < 1.29 is 14.3 Å². The second-order valence-corrected chi connectivity index (χ2v) is 7.84. The maximum atomic E-state index is 12.2. The molecular formula is C23H29ClN2O3. The zero-order valence-corrected chi connectivity index (χ0v) is 17.7. The van der Waals surface area contributed by atoms with Crippen LogP contribution in [0.5, 0.6) is 5.75 Å². The first-order chi connectivity index (χ1) is 14.1. The minimum atomic E-state index is -0.0309. The van der Waals surface area contributed by atoms with Gasteiger partial charge < -0.3 is 14.8 Å².